The van der Waals surface area contributed by atoms with Crippen molar-refractivity contribution in [1.29, 1.82) is 5.26 Å². The maximum absolute atomic E-state index is 13.8. The van der Waals surface area contributed by atoms with Crippen molar-refractivity contribution in [2.24, 2.45) is 0 Å². The van der Waals surface area contributed by atoms with Gasteiger partial charge in [-0.05, 0) is 36.8 Å². The molecule has 0 saturated carbocycles. The molecular formula is C18H16FN3O2. The van der Waals surface area contributed by atoms with Gasteiger partial charge in [0.15, 0.2) is 6.61 Å². The summed E-state index contributed by atoms with van der Waals surface area (Å²) in [5, 5.41) is 11.7. The van der Waals surface area contributed by atoms with Gasteiger partial charge in [0.1, 0.15) is 11.6 Å². The van der Waals surface area contributed by atoms with Crippen LogP contribution in [0.15, 0.2) is 42.5 Å². The highest BCUT2D eigenvalue weighted by molar-refractivity contribution is 5.97. The van der Waals surface area contributed by atoms with Crippen LogP contribution >= 0.6 is 0 Å². The number of hydrogen-bond acceptors (Lipinski definition) is 4. The van der Waals surface area contributed by atoms with E-state index in [4.69, 9.17) is 10.00 Å². The maximum Gasteiger partial charge on any atom is 0.265 e. The Hall–Kier alpha value is -3.07. The Morgan fingerprint density at radius 2 is 2.12 bits per heavy atom. The van der Waals surface area contributed by atoms with Crippen LogP contribution in [-0.2, 0) is 4.79 Å². The zero-order valence-corrected chi connectivity index (χ0v) is 13.0. The van der Waals surface area contributed by atoms with E-state index >= 15 is 0 Å². The van der Waals surface area contributed by atoms with E-state index in [1.54, 1.807) is 17.0 Å². The number of nitrogens with one attached hydrogen (secondary N) is 1. The summed E-state index contributed by atoms with van der Waals surface area (Å²) in [7, 11) is 0. The molecule has 0 bridgehead atoms. The molecule has 122 valence electrons. The van der Waals surface area contributed by atoms with Gasteiger partial charge in [-0.1, -0.05) is 12.1 Å². The molecule has 1 amide bonds. The lowest BCUT2D eigenvalue weighted by Gasteiger charge is -2.29. The first-order chi connectivity index (χ1) is 11.7. The largest absolute Gasteiger partial charge is 0.482 e. The molecule has 2 aromatic rings. The van der Waals surface area contributed by atoms with Crippen molar-refractivity contribution in [3.63, 3.8) is 0 Å². The third kappa shape index (κ3) is 3.30. The minimum Gasteiger partial charge on any atom is -0.482 e. The lowest BCUT2D eigenvalue weighted by molar-refractivity contribution is -0.121. The number of rotatable bonds is 5. The van der Waals surface area contributed by atoms with Crippen molar-refractivity contribution in [2.45, 2.75) is 6.42 Å². The van der Waals surface area contributed by atoms with Gasteiger partial charge in [-0.2, -0.15) is 5.26 Å². The van der Waals surface area contributed by atoms with Crippen LogP contribution in [0.25, 0.3) is 0 Å². The molecule has 1 aliphatic heterocycles. The van der Waals surface area contributed by atoms with Gasteiger partial charge in [0.2, 0.25) is 0 Å². The van der Waals surface area contributed by atoms with E-state index in [-0.39, 0.29) is 18.1 Å². The Kier molecular flexibility index (Phi) is 4.62. The minimum absolute atomic E-state index is 0.0364. The van der Waals surface area contributed by atoms with Crippen LogP contribution in [0.2, 0.25) is 0 Å². The molecule has 24 heavy (non-hydrogen) atoms. The first kappa shape index (κ1) is 15.8. The number of amides is 1. The van der Waals surface area contributed by atoms with Crippen LogP contribution in [0.1, 0.15) is 12.0 Å². The lowest BCUT2D eigenvalue weighted by atomic mass is 10.2. The Bertz CT molecular complexity index is 801. The van der Waals surface area contributed by atoms with Gasteiger partial charge in [-0.3, -0.25) is 4.79 Å². The molecule has 6 heteroatoms. The highest BCUT2D eigenvalue weighted by atomic mass is 19.1. The smallest absolute Gasteiger partial charge is 0.265 e. The van der Waals surface area contributed by atoms with E-state index in [0.717, 1.165) is 5.69 Å². The second-order valence-corrected chi connectivity index (χ2v) is 5.39. The number of carbonyl (C=O) groups excluding carboxylic acids is 1. The van der Waals surface area contributed by atoms with E-state index in [9.17, 15) is 9.18 Å². The number of nitriles is 1. The van der Waals surface area contributed by atoms with Gasteiger partial charge in [0.25, 0.3) is 5.91 Å². The summed E-state index contributed by atoms with van der Waals surface area (Å²) >= 11 is 0. The highest BCUT2D eigenvalue weighted by Gasteiger charge is 2.24. The first-order valence-corrected chi connectivity index (χ1v) is 7.65. The molecule has 1 N–H and O–H groups in total. The van der Waals surface area contributed by atoms with Crippen LogP contribution in [0.3, 0.4) is 0 Å². The van der Waals surface area contributed by atoms with Gasteiger partial charge in [0.05, 0.1) is 23.0 Å². The summed E-state index contributed by atoms with van der Waals surface area (Å²) in [5.74, 6) is 0.156. The molecule has 1 aliphatic rings. The molecule has 0 unspecified atom stereocenters. The summed E-state index contributed by atoms with van der Waals surface area (Å²) in [4.78, 5) is 13.7. The number of fused-ring (bicyclic) bond motifs is 1. The topological polar surface area (TPSA) is 65.4 Å². The second kappa shape index (κ2) is 7.01. The summed E-state index contributed by atoms with van der Waals surface area (Å²) in [6.45, 7) is 1.06. The van der Waals surface area contributed by atoms with Crippen molar-refractivity contribution in [3.05, 3.63) is 53.8 Å². The summed E-state index contributed by atoms with van der Waals surface area (Å²) in [6.07, 6.45) is 0.652. The Labute approximate surface area is 139 Å². The van der Waals surface area contributed by atoms with E-state index in [1.165, 1.54) is 6.07 Å². The van der Waals surface area contributed by atoms with E-state index < -0.39 is 5.82 Å². The number of carbonyl (C=O) groups is 1. The number of anilines is 2. The first-order valence-electron chi connectivity index (χ1n) is 7.65. The van der Waals surface area contributed by atoms with Gasteiger partial charge in [-0.25, -0.2) is 4.39 Å². The highest BCUT2D eigenvalue weighted by Crippen LogP contribution is 2.31. The van der Waals surface area contributed by atoms with Crippen LogP contribution in [0.5, 0.6) is 5.75 Å². The lowest BCUT2D eigenvalue weighted by Crippen LogP contribution is -2.39. The third-order valence-corrected chi connectivity index (χ3v) is 3.78. The van der Waals surface area contributed by atoms with Gasteiger partial charge in [0, 0.05) is 13.1 Å². The number of hydrogen-bond donors (Lipinski definition) is 1. The summed E-state index contributed by atoms with van der Waals surface area (Å²) < 4.78 is 19.2. The quantitative estimate of drug-likeness (QED) is 0.859. The van der Waals surface area contributed by atoms with Crippen molar-refractivity contribution in [2.75, 3.05) is 29.9 Å². The molecule has 0 spiro atoms. The molecule has 0 fully saturated rings. The SMILES string of the molecule is N#Cc1ccc(NCCCN2C(=O)COc3ccccc32)c(F)c1. The monoisotopic (exact) mass is 325 g/mol. The van der Waals surface area contributed by atoms with Crippen molar-refractivity contribution in [1.82, 2.24) is 0 Å². The number of halogens is 1. The van der Waals surface area contributed by atoms with Crippen LogP contribution in [0, 0.1) is 17.1 Å². The second-order valence-electron chi connectivity index (χ2n) is 5.39. The molecule has 1 heterocycles. The predicted octanol–water partition coefficient (Wildman–Crippen LogP) is 2.92. The van der Waals surface area contributed by atoms with Crippen LogP contribution in [-0.4, -0.2) is 25.6 Å². The predicted molar refractivity (Wildman–Crippen MR) is 88.5 cm³/mol. The van der Waals surface area contributed by atoms with Crippen LogP contribution in [0.4, 0.5) is 15.8 Å². The number of ether oxygens (including phenoxy) is 1. The molecule has 0 atom stereocenters. The molecule has 0 saturated heterocycles. The standard InChI is InChI=1S/C18H16FN3O2/c19-14-10-13(11-20)6-7-15(14)21-8-3-9-22-16-4-1-2-5-17(16)24-12-18(22)23/h1-2,4-7,10,21H,3,8-9,12H2. The Morgan fingerprint density at radius 1 is 1.29 bits per heavy atom. The van der Waals surface area contributed by atoms with Gasteiger partial charge >= 0.3 is 0 Å². The maximum atomic E-state index is 13.8. The number of para-hydroxylation sites is 2. The Morgan fingerprint density at radius 3 is 2.92 bits per heavy atom. The Balaban J connectivity index is 1.57. The van der Waals surface area contributed by atoms with E-state index in [2.05, 4.69) is 5.32 Å². The minimum atomic E-state index is -0.457. The molecule has 0 aliphatic carbocycles. The average molecular weight is 325 g/mol. The summed E-state index contributed by atoms with van der Waals surface area (Å²) in [5.41, 5.74) is 1.40. The van der Waals surface area contributed by atoms with Crippen molar-refractivity contribution >= 4 is 17.3 Å². The molecular weight excluding hydrogens is 309 g/mol. The zero-order chi connectivity index (χ0) is 16.9. The molecule has 2 aromatic carbocycles. The normalized spacial score (nSPS) is 13.0. The van der Waals surface area contributed by atoms with Crippen LogP contribution < -0.4 is 15.0 Å². The van der Waals surface area contributed by atoms with E-state index in [0.29, 0.717) is 30.9 Å². The molecule has 3 rings (SSSR count). The number of benzene rings is 2. The van der Waals surface area contributed by atoms with Gasteiger partial charge in [-0.15, -0.1) is 0 Å². The van der Waals surface area contributed by atoms with Crippen molar-refractivity contribution in [3.8, 4) is 11.8 Å². The molecule has 0 radical (unpaired) electrons. The summed E-state index contributed by atoms with van der Waals surface area (Å²) in [6, 6.07) is 13.6. The molecule has 5 nitrogen and oxygen atoms in total. The average Bonchev–Trinajstić information content (AvgIpc) is 2.61. The fourth-order valence-corrected chi connectivity index (χ4v) is 2.59. The van der Waals surface area contributed by atoms with E-state index in [1.807, 2.05) is 30.3 Å². The van der Waals surface area contributed by atoms with Gasteiger partial charge < -0.3 is 15.0 Å². The molecule has 0 aromatic heterocycles. The van der Waals surface area contributed by atoms with Crippen molar-refractivity contribution < 1.29 is 13.9 Å². The fourth-order valence-electron chi connectivity index (χ4n) is 2.59. The third-order valence-electron chi connectivity index (χ3n) is 3.78. The fraction of sp³-hybridized carbons (Fsp3) is 0.222. The number of nitrogens with zero attached hydrogens (tertiary/aromatic N) is 2. The zero-order valence-electron chi connectivity index (χ0n) is 13.0.